The molecule has 0 aliphatic carbocycles. The van der Waals surface area contributed by atoms with Gasteiger partial charge in [0.2, 0.25) is 0 Å². The summed E-state index contributed by atoms with van der Waals surface area (Å²) < 4.78 is 4.45. The number of hydrogen-bond donors (Lipinski definition) is 3. The minimum Gasteiger partial charge on any atom is -0.508 e. The van der Waals surface area contributed by atoms with Gasteiger partial charge in [0.15, 0.2) is 6.10 Å². The number of carbonyl (C=O) groups excluding carboxylic acids is 1. The van der Waals surface area contributed by atoms with Gasteiger partial charge in [0.25, 0.3) is 0 Å². The van der Waals surface area contributed by atoms with Gasteiger partial charge < -0.3 is 20.1 Å². The van der Waals surface area contributed by atoms with Crippen molar-refractivity contribution in [2.45, 2.75) is 12.2 Å². The molecule has 6 heteroatoms. The van der Waals surface area contributed by atoms with Crippen LogP contribution in [0, 0.1) is 11.3 Å². The zero-order valence-corrected chi connectivity index (χ0v) is 8.99. The van der Waals surface area contributed by atoms with Gasteiger partial charge in [-0.05, 0) is 12.1 Å². The van der Waals surface area contributed by atoms with Crippen molar-refractivity contribution >= 4 is 5.97 Å². The highest BCUT2D eigenvalue weighted by atomic mass is 16.5. The van der Waals surface area contributed by atoms with Crippen molar-refractivity contribution in [3.8, 4) is 11.8 Å². The number of ether oxygens (including phenoxy) is 1. The Hall–Kier alpha value is -2.10. The van der Waals surface area contributed by atoms with Crippen LogP contribution < -0.4 is 0 Å². The highest BCUT2D eigenvalue weighted by Crippen LogP contribution is 2.27. The van der Waals surface area contributed by atoms with Crippen LogP contribution in [-0.4, -0.2) is 34.5 Å². The molecule has 0 heterocycles. The average Bonchev–Trinajstić information content (AvgIpc) is 2.35. The number of nitriles is 1. The second-order valence-electron chi connectivity index (χ2n) is 3.28. The smallest absolute Gasteiger partial charge is 0.337 e. The molecule has 0 amide bonds. The molecule has 0 spiro atoms. The molecule has 0 aromatic heterocycles. The first-order valence-electron chi connectivity index (χ1n) is 4.68. The van der Waals surface area contributed by atoms with Crippen LogP contribution in [0.4, 0.5) is 0 Å². The number of phenols is 1. The summed E-state index contributed by atoms with van der Waals surface area (Å²) in [5.74, 6) is -1.03. The zero-order chi connectivity index (χ0) is 13.0. The molecule has 90 valence electrons. The van der Waals surface area contributed by atoms with Crippen molar-refractivity contribution in [1.29, 1.82) is 5.26 Å². The van der Waals surface area contributed by atoms with Gasteiger partial charge in [-0.3, -0.25) is 0 Å². The van der Waals surface area contributed by atoms with Crippen molar-refractivity contribution in [3.05, 3.63) is 29.3 Å². The summed E-state index contributed by atoms with van der Waals surface area (Å²) >= 11 is 0. The highest BCUT2D eigenvalue weighted by molar-refractivity contribution is 5.89. The van der Waals surface area contributed by atoms with Crippen LogP contribution in [0.5, 0.6) is 5.75 Å². The van der Waals surface area contributed by atoms with E-state index in [0.29, 0.717) is 0 Å². The van der Waals surface area contributed by atoms with Crippen molar-refractivity contribution in [2.24, 2.45) is 0 Å². The van der Waals surface area contributed by atoms with Crippen LogP contribution in [0.25, 0.3) is 0 Å². The molecular weight excluding hydrogens is 226 g/mol. The summed E-state index contributed by atoms with van der Waals surface area (Å²) in [6.45, 7) is 0. The molecule has 0 aliphatic rings. The maximum atomic E-state index is 11.1. The van der Waals surface area contributed by atoms with E-state index < -0.39 is 23.9 Å². The second kappa shape index (κ2) is 5.30. The van der Waals surface area contributed by atoms with Gasteiger partial charge in [-0.25, -0.2) is 4.79 Å². The average molecular weight is 237 g/mol. The molecule has 17 heavy (non-hydrogen) atoms. The van der Waals surface area contributed by atoms with Crippen LogP contribution in [-0.2, 0) is 4.74 Å². The Bertz CT molecular complexity index is 465. The van der Waals surface area contributed by atoms with Gasteiger partial charge in [0.05, 0.1) is 18.7 Å². The predicted molar refractivity (Wildman–Crippen MR) is 56.0 cm³/mol. The van der Waals surface area contributed by atoms with Crippen LogP contribution in [0.1, 0.15) is 22.0 Å². The first-order valence-corrected chi connectivity index (χ1v) is 4.68. The number of hydrogen-bond acceptors (Lipinski definition) is 6. The van der Waals surface area contributed by atoms with E-state index in [4.69, 9.17) is 10.4 Å². The Labute approximate surface area is 97.3 Å². The van der Waals surface area contributed by atoms with Crippen LogP contribution in [0.2, 0.25) is 0 Å². The molecule has 3 N–H and O–H groups in total. The molecule has 0 aliphatic heterocycles. The highest BCUT2D eigenvalue weighted by Gasteiger charge is 2.21. The maximum absolute atomic E-state index is 11.1. The number of methoxy groups -OCH3 is 1. The fourth-order valence-electron chi connectivity index (χ4n) is 1.28. The molecular formula is C11H11NO5. The van der Waals surface area contributed by atoms with Gasteiger partial charge in [-0.1, -0.05) is 6.07 Å². The van der Waals surface area contributed by atoms with Gasteiger partial charge >= 0.3 is 5.97 Å². The third kappa shape index (κ3) is 2.72. The number of rotatable bonds is 3. The number of aliphatic hydroxyl groups excluding tert-OH is 2. The Balaban J connectivity index is 3.06. The van der Waals surface area contributed by atoms with E-state index in [0.717, 1.165) is 6.07 Å². The van der Waals surface area contributed by atoms with Crippen molar-refractivity contribution in [1.82, 2.24) is 0 Å². The summed E-state index contributed by atoms with van der Waals surface area (Å²) in [5, 5.41) is 36.6. The summed E-state index contributed by atoms with van der Waals surface area (Å²) in [6.07, 6.45) is -3.18. The monoisotopic (exact) mass is 237 g/mol. The van der Waals surface area contributed by atoms with E-state index in [9.17, 15) is 15.0 Å². The van der Waals surface area contributed by atoms with Gasteiger partial charge in [-0.2, -0.15) is 5.26 Å². The number of benzene rings is 1. The first-order chi connectivity index (χ1) is 8.01. The van der Waals surface area contributed by atoms with Gasteiger partial charge in [0, 0.05) is 5.56 Å². The second-order valence-corrected chi connectivity index (χ2v) is 3.28. The lowest BCUT2D eigenvalue weighted by Gasteiger charge is -2.14. The van der Waals surface area contributed by atoms with Gasteiger partial charge in [0.1, 0.15) is 11.9 Å². The molecule has 0 radical (unpaired) electrons. The molecule has 0 bridgehead atoms. The van der Waals surface area contributed by atoms with Gasteiger partial charge in [-0.15, -0.1) is 0 Å². The zero-order valence-electron chi connectivity index (χ0n) is 8.99. The van der Waals surface area contributed by atoms with Crippen molar-refractivity contribution in [3.63, 3.8) is 0 Å². The lowest BCUT2D eigenvalue weighted by Crippen LogP contribution is -2.16. The fraction of sp³-hybridized carbons (Fsp3) is 0.273. The minimum absolute atomic E-state index is 0.0355. The maximum Gasteiger partial charge on any atom is 0.337 e. The Morgan fingerprint density at radius 2 is 2.12 bits per heavy atom. The molecule has 2 unspecified atom stereocenters. The number of nitrogens with zero attached hydrogens (tertiary/aromatic N) is 1. The molecule has 1 aromatic rings. The standard InChI is InChI=1S/C11H11NO5/c1-17-11(16)6-2-3-7(8(13)4-6)10(15)9(14)5-12/h2-4,9-10,13-15H,1H3. The molecule has 1 rings (SSSR count). The number of phenolic OH excluding ortho intramolecular Hbond substituents is 1. The number of esters is 1. The summed E-state index contributed by atoms with van der Waals surface area (Å²) in [7, 11) is 1.20. The Morgan fingerprint density at radius 3 is 2.59 bits per heavy atom. The Kier molecular flexibility index (Phi) is 4.04. The number of carbonyl (C=O) groups is 1. The van der Waals surface area contributed by atoms with Crippen LogP contribution in [0.15, 0.2) is 18.2 Å². The SMILES string of the molecule is COC(=O)c1ccc(C(O)C(O)C#N)c(O)c1. The molecule has 2 atom stereocenters. The Morgan fingerprint density at radius 1 is 1.47 bits per heavy atom. The number of aliphatic hydroxyl groups is 2. The van der Waals surface area contributed by atoms with E-state index >= 15 is 0 Å². The van der Waals surface area contributed by atoms with Crippen molar-refractivity contribution in [2.75, 3.05) is 7.11 Å². The minimum atomic E-state index is -1.65. The van der Waals surface area contributed by atoms with E-state index in [-0.39, 0.29) is 11.1 Å². The third-order valence-corrected chi connectivity index (χ3v) is 2.20. The lowest BCUT2D eigenvalue weighted by molar-refractivity contribution is 0.0509. The van der Waals surface area contributed by atoms with E-state index in [1.807, 2.05) is 0 Å². The molecule has 1 aromatic carbocycles. The van der Waals surface area contributed by atoms with E-state index in [1.54, 1.807) is 0 Å². The fourth-order valence-corrected chi connectivity index (χ4v) is 1.28. The first kappa shape index (κ1) is 13.0. The van der Waals surface area contributed by atoms with E-state index in [1.165, 1.54) is 25.3 Å². The predicted octanol–water partition coefficient (Wildman–Crippen LogP) is 0.0967. The molecule has 6 nitrogen and oxygen atoms in total. The van der Waals surface area contributed by atoms with E-state index in [2.05, 4.69) is 4.74 Å². The normalized spacial score (nSPS) is 13.5. The third-order valence-electron chi connectivity index (χ3n) is 2.20. The van der Waals surface area contributed by atoms with Crippen LogP contribution >= 0.6 is 0 Å². The molecule has 0 saturated heterocycles. The molecule has 0 fully saturated rings. The quantitative estimate of drug-likeness (QED) is 0.507. The topological polar surface area (TPSA) is 111 Å². The lowest BCUT2D eigenvalue weighted by atomic mass is 10.0. The van der Waals surface area contributed by atoms with Crippen LogP contribution in [0.3, 0.4) is 0 Å². The summed E-state index contributed by atoms with van der Waals surface area (Å²) in [5.41, 5.74) is 0.0686. The van der Waals surface area contributed by atoms with Crippen molar-refractivity contribution < 1.29 is 24.9 Å². The molecule has 0 saturated carbocycles. The number of aromatic hydroxyl groups is 1. The summed E-state index contributed by atoms with van der Waals surface area (Å²) in [4.78, 5) is 11.1. The summed E-state index contributed by atoms with van der Waals surface area (Å²) in [6, 6.07) is 5.09. The largest absolute Gasteiger partial charge is 0.508 e.